The number of nitrogens with zero attached hydrogens (tertiary/aromatic N) is 3. The van der Waals surface area contributed by atoms with Gasteiger partial charge < -0.3 is 9.73 Å². The van der Waals surface area contributed by atoms with E-state index in [0.29, 0.717) is 11.7 Å². The highest BCUT2D eigenvalue weighted by molar-refractivity contribution is 7.99. The number of aryl methyl sites for hydroxylation is 1. The Labute approximate surface area is 162 Å². The van der Waals surface area contributed by atoms with Crippen molar-refractivity contribution in [1.82, 2.24) is 20.1 Å². The van der Waals surface area contributed by atoms with E-state index in [1.165, 1.54) is 11.8 Å². The van der Waals surface area contributed by atoms with Gasteiger partial charge in [-0.1, -0.05) is 48.2 Å². The van der Waals surface area contributed by atoms with Crippen LogP contribution >= 0.6 is 11.8 Å². The molecule has 0 aliphatic carbocycles. The van der Waals surface area contributed by atoms with Gasteiger partial charge in [0.2, 0.25) is 5.91 Å². The maximum atomic E-state index is 12.0. The number of nitrogens with one attached hydrogen (secondary N) is 1. The molecule has 0 radical (unpaired) electrons. The SMILES string of the molecule is C=CCNC(=O)CSc1nnc(-c2ccoc2C)n1[C@@H](C)c1ccccc1. The average molecular weight is 382 g/mol. The minimum Gasteiger partial charge on any atom is -0.469 e. The van der Waals surface area contributed by atoms with Crippen molar-refractivity contribution in [3.05, 3.63) is 66.6 Å². The van der Waals surface area contributed by atoms with Gasteiger partial charge in [0.25, 0.3) is 0 Å². The van der Waals surface area contributed by atoms with Crippen LogP contribution in [0.25, 0.3) is 11.4 Å². The van der Waals surface area contributed by atoms with Crippen molar-refractivity contribution in [2.75, 3.05) is 12.3 Å². The van der Waals surface area contributed by atoms with Crippen molar-refractivity contribution in [3.63, 3.8) is 0 Å². The molecule has 0 saturated carbocycles. The number of benzene rings is 1. The standard InChI is InChI=1S/C20H22N4O2S/c1-4-11-21-18(25)13-27-20-23-22-19(17-10-12-26-15(17)3)24(20)14(2)16-8-6-5-7-9-16/h4-10,12,14H,1,11,13H2,2-3H3,(H,21,25)/t14-/m0/s1. The summed E-state index contributed by atoms with van der Waals surface area (Å²) < 4.78 is 7.50. The Hall–Kier alpha value is -2.80. The minimum absolute atomic E-state index is 0.00392. The van der Waals surface area contributed by atoms with E-state index in [0.717, 1.165) is 22.7 Å². The molecule has 1 N–H and O–H groups in total. The summed E-state index contributed by atoms with van der Waals surface area (Å²) in [6, 6.07) is 12.0. The molecule has 0 unspecified atom stereocenters. The molecule has 3 aromatic rings. The molecule has 6 nitrogen and oxygen atoms in total. The zero-order chi connectivity index (χ0) is 19.2. The van der Waals surface area contributed by atoms with E-state index < -0.39 is 0 Å². The van der Waals surface area contributed by atoms with E-state index in [4.69, 9.17) is 4.42 Å². The molecule has 0 spiro atoms. The average Bonchev–Trinajstić information content (AvgIpc) is 3.30. The zero-order valence-electron chi connectivity index (χ0n) is 15.4. The Balaban J connectivity index is 1.94. The van der Waals surface area contributed by atoms with E-state index in [1.54, 1.807) is 12.3 Å². The quantitative estimate of drug-likeness (QED) is 0.473. The van der Waals surface area contributed by atoms with Crippen LogP contribution in [-0.2, 0) is 4.79 Å². The molecule has 0 saturated heterocycles. The molecule has 0 fully saturated rings. The fourth-order valence-electron chi connectivity index (χ4n) is 2.77. The predicted molar refractivity (Wildman–Crippen MR) is 107 cm³/mol. The molecular formula is C20H22N4O2S. The third kappa shape index (κ3) is 4.31. The Morgan fingerprint density at radius 1 is 1.33 bits per heavy atom. The summed E-state index contributed by atoms with van der Waals surface area (Å²) in [7, 11) is 0. The van der Waals surface area contributed by atoms with Crippen molar-refractivity contribution in [2.45, 2.75) is 25.0 Å². The van der Waals surface area contributed by atoms with Crippen molar-refractivity contribution in [1.29, 1.82) is 0 Å². The topological polar surface area (TPSA) is 73.0 Å². The third-order valence-electron chi connectivity index (χ3n) is 4.21. The van der Waals surface area contributed by atoms with Crippen molar-refractivity contribution >= 4 is 17.7 Å². The number of carbonyl (C=O) groups is 1. The predicted octanol–water partition coefficient (Wildman–Crippen LogP) is 3.85. The normalized spacial score (nSPS) is 11.9. The summed E-state index contributed by atoms with van der Waals surface area (Å²) >= 11 is 1.36. The molecule has 1 atom stereocenters. The number of rotatable bonds is 8. The molecule has 1 aromatic carbocycles. The molecular weight excluding hydrogens is 360 g/mol. The zero-order valence-corrected chi connectivity index (χ0v) is 16.2. The highest BCUT2D eigenvalue weighted by atomic mass is 32.2. The third-order valence-corrected chi connectivity index (χ3v) is 5.15. The first kappa shape index (κ1) is 19.0. The van der Waals surface area contributed by atoms with Gasteiger partial charge in [0, 0.05) is 6.54 Å². The van der Waals surface area contributed by atoms with Crippen molar-refractivity contribution in [3.8, 4) is 11.4 Å². The van der Waals surface area contributed by atoms with Gasteiger partial charge >= 0.3 is 0 Å². The Kier molecular flexibility index (Phi) is 6.13. The largest absolute Gasteiger partial charge is 0.469 e. The first-order valence-corrected chi connectivity index (χ1v) is 9.65. The number of furan rings is 1. The molecule has 0 aliphatic heterocycles. The number of thioether (sulfide) groups is 1. The van der Waals surface area contributed by atoms with Crippen LogP contribution in [-0.4, -0.2) is 33.0 Å². The van der Waals surface area contributed by atoms with Gasteiger partial charge in [-0.15, -0.1) is 16.8 Å². The lowest BCUT2D eigenvalue weighted by Gasteiger charge is -2.18. The van der Waals surface area contributed by atoms with E-state index in [9.17, 15) is 4.79 Å². The summed E-state index contributed by atoms with van der Waals surface area (Å²) in [4.78, 5) is 12.0. The van der Waals surface area contributed by atoms with Crippen LogP contribution in [0.3, 0.4) is 0 Å². The summed E-state index contributed by atoms with van der Waals surface area (Å²) in [6.45, 7) is 8.05. The summed E-state index contributed by atoms with van der Waals surface area (Å²) in [5, 5.41) is 12.2. The minimum atomic E-state index is -0.0668. The fourth-order valence-corrected chi connectivity index (χ4v) is 3.62. The van der Waals surface area contributed by atoms with Crippen LogP contribution in [0.4, 0.5) is 0 Å². The van der Waals surface area contributed by atoms with Crippen LogP contribution in [0, 0.1) is 6.92 Å². The van der Waals surface area contributed by atoms with Crippen LogP contribution in [0.5, 0.6) is 0 Å². The van der Waals surface area contributed by atoms with E-state index in [2.05, 4.69) is 45.7 Å². The first-order valence-electron chi connectivity index (χ1n) is 8.66. The number of aromatic nitrogens is 3. The highest BCUT2D eigenvalue weighted by Gasteiger charge is 2.22. The maximum absolute atomic E-state index is 12.0. The van der Waals surface area contributed by atoms with Gasteiger partial charge in [-0.3, -0.25) is 9.36 Å². The molecule has 3 rings (SSSR count). The summed E-state index contributed by atoms with van der Waals surface area (Å²) in [5.41, 5.74) is 2.03. The smallest absolute Gasteiger partial charge is 0.230 e. The molecule has 0 aliphatic rings. The summed E-state index contributed by atoms with van der Waals surface area (Å²) in [6.07, 6.45) is 3.30. The molecule has 7 heteroatoms. The second-order valence-corrected chi connectivity index (χ2v) is 6.98. The van der Waals surface area contributed by atoms with Crippen molar-refractivity contribution in [2.24, 2.45) is 0 Å². The lowest BCUT2D eigenvalue weighted by molar-refractivity contribution is -0.118. The van der Waals surface area contributed by atoms with E-state index in [1.807, 2.05) is 31.2 Å². The fraction of sp³-hybridized carbons (Fsp3) is 0.250. The van der Waals surface area contributed by atoms with Gasteiger partial charge in [0.15, 0.2) is 11.0 Å². The first-order chi connectivity index (χ1) is 13.1. The van der Waals surface area contributed by atoms with Gasteiger partial charge in [-0.2, -0.15) is 0 Å². The lowest BCUT2D eigenvalue weighted by Crippen LogP contribution is -2.25. The van der Waals surface area contributed by atoms with Crippen molar-refractivity contribution < 1.29 is 9.21 Å². The molecule has 2 aromatic heterocycles. The van der Waals surface area contributed by atoms with Gasteiger partial charge in [-0.25, -0.2) is 0 Å². The van der Waals surface area contributed by atoms with Gasteiger partial charge in [0.1, 0.15) is 5.76 Å². The van der Waals surface area contributed by atoms with Crippen LogP contribution < -0.4 is 5.32 Å². The van der Waals surface area contributed by atoms with Crippen LogP contribution in [0.1, 0.15) is 24.3 Å². The molecule has 140 valence electrons. The van der Waals surface area contributed by atoms with E-state index in [-0.39, 0.29) is 17.7 Å². The monoisotopic (exact) mass is 382 g/mol. The molecule has 2 heterocycles. The number of carbonyl (C=O) groups excluding carboxylic acids is 1. The highest BCUT2D eigenvalue weighted by Crippen LogP contribution is 2.32. The maximum Gasteiger partial charge on any atom is 0.230 e. The lowest BCUT2D eigenvalue weighted by atomic mass is 10.1. The Bertz CT molecular complexity index is 917. The van der Waals surface area contributed by atoms with Crippen LogP contribution in [0.2, 0.25) is 0 Å². The Morgan fingerprint density at radius 3 is 2.78 bits per heavy atom. The summed E-state index contributed by atoms with van der Waals surface area (Å²) in [5.74, 6) is 1.70. The number of hydrogen-bond donors (Lipinski definition) is 1. The molecule has 0 bridgehead atoms. The van der Waals surface area contributed by atoms with Gasteiger partial charge in [0.05, 0.1) is 23.6 Å². The molecule has 27 heavy (non-hydrogen) atoms. The van der Waals surface area contributed by atoms with Gasteiger partial charge in [-0.05, 0) is 25.5 Å². The second kappa shape index (κ2) is 8.73. The number of hydrogen-bond acceptors (Lipinski definition) is 5. The molecule has 1 amide bonds. The second-order valence-electron chi connectivity index (χ2n) is 6.03. The number of amides is 1. The Morgan fingerprint density at radius 2 is 2.11 bits per heavy atom. The van der Waals surface area contributed by atoms with Crippen LogP contribution in [0.15, 0.2) is 64.9 Å². The van der Waals surface area contributed by atoms with E-state index >= 15 is 0 Å².